The molecule has 2 rings (SSSR count). The number of fused-ring (bicyclic) bond motifs is 1. The third-order valence-electron chi connectivity index (χ3n) is 6.66. The average molecular weight is 347 g/mol. The first kappa shape index (κ1) is 19.9. The first-order chi connectivity index (χ1) is 11.5. The van der Waals surface area contributed by atoms with Gasteiger partial charge in [0.1, 0.15) is 0 Å². The molecule has 0 N–H and O–H groups in total. The van der Waals surface area contributed by atoms with Crippen molar-refractivity contribution in [3.63, 3.8) is 0 Å². The van der Waals surface area contributed by atoms with Crippen LogP contribution in [0.4, 0.5) is 0 Å². The highest BCUT2D eigenvalue weighted by Crippen LogP contribution is 2.48. The Labute approximate surface area is 152 Å². The van der Waals surface area contributed by atoms with Crippen molar-refractivity contribution in [2.24, 2.45) is 28.6 Å². The van der Waals surface area contributed by atoms with Gasteiger partial charge in [0.25, 0.3) is 0 Å². The van der Waals surface area contributed by atoms with Gasteiger partial charge in [0.2, 0.25) is 0 Å². The van der Waals surface area contributed by atoms with Crippen molar-refractivity contribution >= 4 is 11.9 Å². The molecule has 3 unspecified atom stereocenters. The van der Waals surface area contributed by atoms with Crippen molar-refractivity contribution < 1.29 is 14.3 Å². The van der Waals surface area contributed by atoms with Gasteiger partial charge in [0.05, 0.1) is 11.8 Å². The quantitative estimate of drug-likeness (QED) is 0.377. The topological polar surface area (TPSA) is 43.4 Å². The summed E-state index contributed by atoms with van der Waals surface area (Å²) in [4.78, 5) is 23.8. The highest BCUT2D eigenvalue weighted by atomic mass is 16.6. The molecule has 1 fully saturated rings. The number of hydrogen-bond donors (Lipinski definition) is 0. The zero-order chi connectivity index (χ0) is 19.0. The highest BCUT2D eigenvalue weighted by molar-refractivity contribution is 5.97. The second-order valence-corrected chi connectivity index (χ2v) is 9.37. The predicted octanol–water partition coefficient (Wildman–Crippen LogP) is 5.46. The second kappa shape index (κ2) is 7.09. The Bertz CT molecular complexity index is 603. The van der Waals surface area contributed by atoms with Gasteiger partial charge in [-0.05, 0) is 49.4 Å². The molecule has 0 spiro atoms. The van der Waals surface area contributed by atoms with Crippen molar-refractivity contribution in [1.29, 1.82) is 0 Å². The minimum Gasteiger partial charge on any atom is -0.393 e. The standard InChI is InChI=1S/C22H34O3/c1-14(2)22(7,12-8-9-15(3)21(4,5)6)16-10-11-17-18(13-16)20(24)25-19(17)23/h9-10,14,17-18H,8,11-13H2,1-7H3/b15-9+. The van der Waals surface area contributed by atoms with Crippen LogP contribution < -0.4 is 0 Å². The third-order valence-corrected chi connectivity index (χ3v) is 6.66. The summed E-state index contributed by atoms with van der Waals surface area (Å²) in [5.74, 6) is -0.699. The maximum Gasteiger partial charge on any atom is 0.317 e. The van der Waals surface area contributed by atoms with Crippen LogP contribution in [-0.4, -0.2) is 11.9 Å². The number of cyclic esters (lactones) is 2. The lowest BCUT2D eigenvalue weighted by molar-refractivity contribution is -0.153. The van der Waals surface area contributed by atoms with Gasteiger partial charge in [-0.25, -0.2) is 0 Å². The number of carbonyl (C=O) groups excluding carboxylic acids is 2. The maximum atomic E-state index is 12.0. The van der Waals surface area contributed by atoms with E-state index in [1.807, 2.05) is 0 Å². The molecule has 1 aliphatic carbocycles. The molecule has 1 heterocycles. The van der Waals surface area contributed by atoms with Crippen LogP contribution in [0.5, 0.6) is 0 Å². The molecule has 0 bridgehead atoms. The van der Waals surface area contributed by atoms with E-state index in [1.54, 1.807) is 0 Å². The van der Waals surface area contributed by atoms with Crippen molar-refractivity contribution in [2.75, 3.05) is 0 Å². The molecule has 3 atom stereocenters. The molecule has 3 nitrogen and oxygen atoms in total. The summed E-state index contributed by atoms with van der Waals surface area (Å²) < 4.78 is 4.86. The Morgan fingerprint density at radius 3 is 2.36 bits per heavy atom. The second-order valence-electron chi connectivity index (χ2n) is 9.37. The summed E-state index contributed by atoms with van der Waals surface area (Å²) in [6, 6.07) is 0. The van der Waals surface area contributed by atoms with Crippen molar-refractivity contribution in [2.45, 2.75) is 74.1 Å². The first-order valence-electron chi connectivity index (χ1n) is 9.59. The van der Waals surface area contributed by atoms with Gasteiger partial charge in [-0.3, -0.25) is 9.59 Å². The van der Waals surface area contributed by atoms with Crippen molar-refractivity contribution in [1.82, 2.24) is 0 Å². The minimum atomic E-state index is -0.333. The van der Waals surface area contributed by atoms with E-state index in [4.69, 9.17) is 4.74 Å². The smallest absolute Gasteiger partial charge is 0.317 e. The molecular formula is C22H34O3. The van der Waals surface area contributed by atoms with Crippen LogP contribution >= 0.6 is 0 Å². The van der Waals surface area contributed by atoms with Crippen LogP contribution in [0.25, 0.3) is 0 Å². The summed E-state index contributed by atoms with van der Waals surface area (Å²) in [5, 5.41) is 0. The van der Waals surface area contributed by atoms with E-state index >= 15 is 0 Å². The summed E-state index contributed by atoms with van der Waals surface area (Å²) >= 11 is 0. The third kappa shape index (κ3) is 4.07. The number of allylic oxidation sites excluding steroid dienone is 4. The highest BCUT2D eigenvalue weighted by Gasteiger charge is 2.48. The Morgan fingerprint density at radius 1 is 1.20 bits per heavy atom. The molecule has 0 radical (unpaired) electrons. The fraction of sp³-hybridized carbons (Fsp3) is 0.727. The van der Waals surface area contributed by atoms with Crippen LogP contribution in [0.1, 0.15) is 74.1 Å². The molecule has 2 aliphatic rings. The van der Waals surface area contributed by atoms with E-state index < -0.39 is 0 Å². The molecule has 0 aromatic carbocycles. The van der Waals surface area contributed by atoms with Gasteiger partial charge < -0.3 is 4.74 Å². The van der Waals surface area contributed by atoms with E-state index in [0.717, 1.165) is 12.8 Å². The average Bonchev–Trinajstić information content (AvgIpc) is 2.80. The Kier molecular flexibility index (Phi) is 5.65. The van der Waals surface area contributed by atoms with Crippen LogP contribution in [0.15, 0.2) is 23.3 Å². The van der Waals surface area contributed by atoms with Crippen molar-refractivity contribution in [3.05, 3.63) is 23.3 Å². The molecule has 0 saturated carbocycles. The van der Waals surface area contributed by atoms with Gasteiger partial charge >= 0.3 is 11.9 Å². The molecule has 0 aromatic heterocycles. The molecule has 0 amide bonds. The Morgan fingerprint density at radius 2 is 1.80 bits per heavy atom. The first-order valence-corrected chi connectivity index (χ1v) is 9.59. The van der Waals surface area contributed by atoms with Gasteiger partial charge in [-0.15, -0.1) is 0 Å². The zero-order valence-corrected chi connectivity index (χ0v) is 16.9. The zero-order valence-electron chi connectivity index (χ0n) is 16.9. The molecule has 140 valence electrons. The summed E-state index contributed by atoms with van der Waals surface area (Å²) in [6.45, 7) is 15.8. The maximum absolute atomic E-state index is 12.0. The Balaban J connectivity index is 2.16. The fourth-order valence-corrected chi connectivity index (χ4v) is 3.84. The molecule has 1 saturated heterocycles. The summed E-state index contributed by atoms with van der Waals surface area (Å²) in [7, 11) is 0. The van der Waals surface area contributed by atoms with E-state index in [2.05, 4.69) is 60.6 Å². The molecule has 25 heavy (non-hydrogen) atoms. The van der Waals surface area contributed by atoms with Gasteiger partial charge in [0, 0.05) is 0 Å². The van der Waals surface area contributed by atoms with Crippen LogP contribution in [0.3, 0.4) is 0 Å². The normalized spacial score (nSPS) is 27.0. The van der Waals surface area contributed by atoms with E-state index in [0.29, 0.717) is 18.8 Å². The number of rotatable bonds is 5. The van der Waals surface area contributed by atoms with Gasteiger partial charge in [-0.2, -0.15) is 0 Å². The molecular weight excluding hydrogens is 312 g/mol. The number of esters is 2. The lowest BCUT2D eigenvalue weighted by atomic mass is 9.64. The lowest BCUT2D eigenvalue weighted by Gasteiger charge is -2.39. The van der Waals surface area contributed by atoms with E-state index in [9.17, 15) is 9.59 Å². The van der Waals surface area contributed by atoms with Gasteiger partial charge in [-0.1, -0.05) is 64.8 Å². The van der Waals surface area contributed by atoms with Crippen LogP contribution in [0, 0.1) is 28.6 Å². The molecule has 1 aliphatic heterocycles. The van der Waals surface area contributed by atoms with E-state index in [-0.39, 0.29) is 34.6 Å². The molecule has 0 aromatic rings. The van der Waals surface area contributed by atoms with E-state index in [1.165, 1.54) is 11.1 Å². The fourth-order valence-electron chi connectivity index (χ4n) is 3.84. The lowest BCUT2D eigenvalue weighted by Crippen LogP contribution is -2.32. The number of hydrogen-bond acceptors (Lipinski definition) is 3. The van der Waals surface area contributed by atoms with Crippen LogP contribution in [-0.2, 0) is 14.3 Å². The summed E-state index contributed by atoms with van der Waals surface area (Å²) in [6.07, 6.45) is 7.98. The molecule has 3 heteroatoms. The predicted molar refractivity (Wildman–Crippen MR) is 101 cm³/mol. The minimum absolute atomic E-state index is 0.0472. The number of carbonyl (C=O) groups is 2. The largest absolute Gasteiger partial charge is 0.393 e. The SMILES string of the molecule is C/C(=C\CCC(C)(C1=CCC2C(=O)OC(=O)C2C1)C(C)C)C(C)(C)C. The van der Waals surface area contributed by atoms with Crippen LogP contribution in [0.2, 0.25) is 0 Å². The number of ether oxygens (including phenoxy) is 1. The Hall–Kier alpha value is -1.38. The van der Waals surface area contributed by atoms with Crippen molar-refractivity contribution in [3.8, 4) is 0 Å². The monoisotopic (exact) mass is 346 g/mol. The van der Waals surface area contributed by atoms with Gasteiger partial charge in [0.15, 0.2) is 0 Å². The summed E-state index contributed by atoms with van der Waals surface area (Å²) in [5.41, 5.74) is 3.00.